The number of aromatic nitrogens is 1. The number of pyridine rings is 1. The largest absolute Gasteiger partial charge is 0.384 e. The lowest BCUT2D eigenvalue weighted by atomic mass is 10.3. The van der Waals surface area contributed by atoms with E-state index in [2.05, 4.69) is 4.98 Å². The van der Waals surface area contributed by atoms with Gasteiger partial charge in [-0.1, -0.05) is 11.8 Å². The fourth-order valence-corrected chi connectivity index (χ4v) is 2.22. The van der Waals surface area contributed by atoms with Crippen LogP contribution in [0.2, 0.25) is 0 Å². The van der Waals surface area contributed by atoms with E-state index in [4.69, 9.17) is 5.73 Å². The quantitative estimate of drug-likeness (QED) is 0.691. The molecule has 5 nitrogen and oxygen atoms in total. The molecule has 0 saturated carbocycles. The Morgan fingerprint density at radius 2 is 2.00 bits per heavy atom. The molecule has 1 aromatic carbocycles. The van der Waals surface area contributed by atoms with Crippen molar-refractivity contribution in [3.63, 3.8) is 0 Å². The predicted octanol–water partition coefficient (Wildman–Crippen LogP) is 3.00. The maximum Gasteiger partial charge on any atom is 0.301 e. The van der Waals surface area contributed by atoms with Gasteiger partial charge in [-0.2, -0.15) is 0 Å². The van der Waals surface area contributed by atoms with Gasteiger partial charge in [0.05, 0.1) is 4.92 Å². The standard InChI is InChI=1S/C11H7F2N3O2S/c12-6-1-3-9(7(13)5-6)19-11-8(16(17)18)2-4-10(14)15-11/h1-5H,(H2,14,15). The molecule has 0 spiro atoms. The molecule has 1 heterocycles. The first-order valence-electron chi connectivity index (χ1n) is 5.01. The van der Waals surface area contributed by atoms with Crippen LogP contribution in [0.4, 0.5) is 20.3 Å². The smallest absolute Gasteiger partial charge is 0.301 e. The summed E-state index contributed by atoms with van der Waals surface area (Å²) in [5.41, 5.74) is 5.15. The first-order valence-corrected chi connectivity index (χ1v) is 5.83. The number of hydrogen-bond donors (Lipinski definition) is 1. The van der Waals surface area contributed by atoms with Crippen molar-refractivity contribution < 1.29 is 13.7 Å². The Labute approximate surface area is 110 Å². The molecular formula is C11H7F2N3O2S. The van der Waals surface area contributed by atoms with Gasteiger partial charge in [-0.05, 0) is 18.2 Å². The zero-order valence-corrected chi connectivity index (χ0v) is 10.2. The Balaban J connectivity index is 2.42. The van der Waals surface area contributed by atoms with Gasteiger partial charge in [-0.25, -0.2) is 13.8 Å². The van der Waals surface area contributed by atoms with E-state index in [1.54, 1.807) is 0 Å². The van der Waals surface area contributed by atoms with E-state index < -0.39 is 16.6 Å². The summed E-state index contributed by atoms with van der Waals surface area (Å²) in [6, 6.07) is 5.41. The van der Waals surface area contributed by atoms with Crippen molar-refractivity contribution in [3.8, 4) is 0 Å². The average Bonchev–Trinajstić information content (AvgIpc) is 2.32. The van der Waals surface area contributed by atoms with Crippen molar-refractivity contribution in [3.05, 3.63) is 52.1 Å². The highest BCUT2D eigenvalue weighted by Crippen LogP contribution is 2.35. The second-order valence-corrected chi connectivity index (χ2v) is 4.52. The van der Waals surface area contributed by atoms with Gasteiger partial charge in [0.25, 0.3) is 0 Å². The SMILES string of the molecule is Nc1ccc([N+](=O)[O-])c(Sc2ccc(F)cc2F)n1. The van der Waals surface area contributed by atoms with E-state index in [0.29, 0.717) is 6.07 Å². The summed E-state index contributed by atoms with van der Waals surface area (Å²) in [6.07, 6.45) is 0. The van der Waals surface area contributed by atoms with Gasteiger partial charge in [-0.3, -0.25) is 10.1 Å². The van der Waals surface area contributed by atoms with Crippen LogP contribution in [0.5, 0.6) is 0 Å². The summed E-state index contributed by atoms with van der Waals surface area (Å²) < 4.78 is 26.2. The van der Waals surface area contributed by atoms with Crippen LogP contribution in [0.15, 0.2) is 40.3 Å². The molecule has 2 rings (SSSR count). The molecule has 0 aliphatic carbocycles. The van der Waals surface area contributed by atoms with Gasteiger partial charge in [0, 0.05) is 17.0 Å². The molecule has 98 valence electrons. The monoisotopic (exact) mass is 283 g/mol. The number of nitrogens with two attached hydrogens (primary N) is 1. The highest BCUT2D eigenvalue weighted by atomic mass is 32.2. The number of nitrogen functional groups attached to an aromatic ring is 1. The third-order valence-electron chi connectivity index (χ3n) is 2.16. The normalized spacial score (nSPS) is 10.4. The Morgan fingerprint density at radius 1 is 1.26 bits per heavy atom. The van der Waals surface area contributed by atoms with Gasteiger partial charge < -0.3 is 5.73 Å². The van der Waals surface area contributed by atoms with E-state index in [1.165, 1.54) is 18.2 Å². The zero-order valence-electron chi connectivity index (χ0n) is 9.34. The van der Waals surface area contributed by atoms with E-state index in [-0.39, 0.29) is 21.4 Å². The van der Waals surface area contributed by atoms with Crippen LogP contribution in [-0.4, -0.2) is 9.91 Å². The van der Waals surface area contributed by atoms with Crippen molar-refractivity contribution in [2.75, 3.05) is 5.73 Å². The third-order valence-corrected chi connectivity index (χ3v) is 3.20. The molecule has 2 aromatic rings. The molecule has 0 saturated heterocycles. The van der Waals surface area contributed by atoms with Gasteiger partial charge in [0.2, 0.25) is 0 Å². The topological polar surface area (TPSA) is 82.0 Å². The lowest BCUT2D eigenvalue weighted by Crippen LogP contribution is -1.97. The van der Waals surface area contributed by atoms with E-state index in [9.17, 15) is 18.9 Å². The summed E-state index contributed by atoms with van der Waals surface area (Å²) in [7, 11) is 0. The molecule has 0 amide bonds. The predicted molar refractivity (Wildman–Crippen MR) is 65.8 cm³/mol. The number of nitro groups is 1. The minimum Gasteiger partial charge on any atom is -0.384 e. The molecule has 19 heavy (non-hydrogen) atoms. The highest BCUT2D eigenvalue weighted by molar-refractivity contribution is 7.99. The van der Waals surface area contributed by atoms with Crippen LogP contribution in [-0.2, 0) is 0 Å². The van der Waals surface area contributed by atoms with Crippen LogP contribution >= 0.6 is 11.8 Å². The molecule has 0 aliphatic heterocycles. The summed E-state index contributed by atoms with van der Waals surface area (Å²) >= 11 is 0.718. The summed E-state index contributed by atoms with van der Waals surface area (Å²) in [5, 5.41) is 10.8. The zero-order chi connectivity index (χ0) is 14.0. The van der Waals surface area contributed by atoms with Crippen molar-refractivity contribution >= 4 is 23.3 Å². The van der Waals surface area contributed by atoms with Crippen molar-refractivity contribution in [1.82, 2.24) is 4.98 Å². The van der Waals surface area contributed by atoms with E-state index in [1.807, 2.05) is 0 Å². The van der Waals surface area contributed by atoms with E-state index >= 15 is 0 Å². The molecule has 0 aliphatic rings. The highest BCUT2D eigenvalue weighted by Gasteiger charge is 2.18. The molecule has 1 aromatic heterocycles. The number of benzene rings is 1. The van der Waals surface area contributed by atoms with Gasteiger partial charge >= 0.3 is 5.69 Å². The first kappa shape index (κ1) is 13.2. The number of nitrogens with zero attached hydrogens (tertiary/aromatic N) is 2. The molecule has 2 N–H and O–H groups in total. The van der Waals surface area contributed by atoms with Gasteiger partial charge in [0.1, 0.15) is 17.5 Å². The fraction of sp³-hybridized carbons (Fsp3) is 0. The van der Waals surface area contributed by atoms with Crippen LogP contribution in [0.3, 0.4) is 0 Å². The molecule has 0 bridgehead atoms. The average molecular weight is 283 g/mol. The Morgan fingerprint density at radius 3 is 2.63 bits per heavy atom. The minimum atomic E-state index is -0.816. The summed E-state index contributed by atoms with van der Waals surface area (Å²) in [4.78, 5) is 14.0. The molecule has 0 fully saturated rings. The Kier molecular flexibility index (Phi) is 3.61. The first-order chi connectivity index (χ1) is 8.97. The molecule has 0 radical (unpaired) electrons. The van der Waals surface area contributed by atoms with Crippen LogP contribution in [0.25, 0.3) is 0 Å². The lowest BCUT2D eigenvalue weighted by molar-refractivity contribution is -0.388. The number of rotatable bonds is 3. The summed E-state index contributed by atoms with van der Waals surface area (Å²) in [5.74, 6) is -1.46. The van der Waals surface area contributed by atoms with Crippen molar-refractivity contribution in [1.29, 1.82) is 0 Å². The minimum absolute atomic E-state index is 0.0302. The molecule has 8 heteroatoms. The second kappa shape index (κ2) is 5.19. The maximum absolute atomic E-state index is 13.5. The van der Waals surface area contributed by atoms with Crippen molar-refractivity contribution in [2.24, 2.45) is 0 Å². The number of anilines is 1. The fourth-order valence-electron chi connectivity index (χ4n) is 1.32. The third kappa shape index (κ3) is 2.97. The number of hydrogen-bond acceptors (Lipinski definition) is 5. The van der Waals surface area contributed by atoms with E-state index in [0.717, 1.165) is 17.8 Å². The maximum atomic E-state index is 13.5. The molecule has 0 atom stereocenters. The van der Waals surface area contributed by atoms with Gasteiger partial charge in [0.15, 0.2) is 5.03 Å². The summed E-state index contributed by atoms with van der Waals surface area (Å²) in [6.45, 7) is 0. The Bertz CT molecular complexity index is 652. The number of halogens is 2. The van der Waals surface area contributed by atoms with Crippen LogP contribution < -0.4 is 5.73 Å². The Hall–Kier alpha value is -2.22. The lowest BCUT2D eigenvalue weighted by Gasteiger charge is -2.04. The van der Waals surface area contributed by atoms with Gasteiger partial charge in [-0.15, -0.1) is 0 Å². The van der Waals surface area contributed by atoms with Crippen LogP contribution in [0.1, 0.15) is 0 Å². The molecular weight excluding hydrogens is 276 g/mol. The van der Waals surface area contributed by atoms with Crippen molar-refractivity contribution in [2.45, 2.75) is 9.92 Å². The van der Waals surface area contributed by atoms with Crippen LogP contribution in [0, 0.1) is 21.7 Å². The second-order valence-electron chi connectivity index (χ2n) is 3.49. The molecule has 0 unspecified atom stereocenters.